The summed E-state index contributed by atoms with van der Waals surface area (Å²) in [5.74, 6) is -0.0646. The topological polar surface area (TPSA) is 49.8 Å². The molecule has 1 N–H and O–H groups in total. The summed E-state index contributed by atoms with van der Waals surface area (Å²) in [4.78, 5) is 13.6. The van der Waals surface area contributed by atoms with Crippen molar-refractivity contribution in [3.05, 3.63) is 0 Å². The molecule has 1 atom stereocenters. The van der Waals surface area contributed by atoms with Crippen LogP contribution in [0.1, 0.15) is 32.6 Å². The number of carbonyl (C=O) groups is 1. The summed E-state index contributed by atoms with van der Waals surface area (Å²) in [7, 11) is 0. The number of nitrogens with zero attached hydrogens (tertiary/aromatic N) is 1. The first-order chi connectivity index (χ1) is 7.63. The minimum atomic E-state index is -0.686. The third-order valence-electron chi connectivity index (χ3n) is 4.08. The van der Waals surface area contributed by atoms with Gasteiger partial charge in [-0.25, -0.2) is 0 Å². The van der Waals surface area contributed by atoms with Crippen LogP contribution in [-0.4, -0.2) is 47.8 Å². The molecule has 2 rings (SSSR count). The van der Waals surface area contributed by atoms with Crippen molar-refractivity contribution in [3.63, 3.8) is 0 Å². The monoisotopic (exact) mass is 227 g/mol. The second kappa shape index (κ2) is 4.72. The molecule has 0 aromatic rings. The van der Waals surface area contributed by atoms with E-state index in [1.165, 1.54) is 19.3 Å². The minimum Gasteiger partial charge on any atom is -0.480 e. The maximum absolute atomic E-state index is 11.5. The first-order valence-corrected chi connectivity index (χ1v) is 6.19. The third-order valence-corrected chi connectivity index (χ3v) is 4.08. The van der Waals surface area contributed by atoms with Crippen molar-refractivity contribution in [2.45, 2.75) is 38.1 Å². The van der Waals surface area contributed by atoms with Gasteiger partial charge >= 0.3 is 5.97 Å². The Hall–Kier alpha value is -0.610. The number of hydrogen-bond acceptors (Lipinski definition) is 3. The minimum absolute atomic E-state index is 0.615. The zero-order chi connectivity index (χ0) is 11.6. The van der Waals surface area contributed by atoms with Crippen LogP contribution < -0.4 is 0 Å². The van der Waals surface area contributed by atoms with Crippen molar-refractivity contribution in [2.24, 2.45) is 5.92 Å². The molecule has 92 valence electrons. The normalized spacial score (nSPS) is 27.1. The molecule has 1 aliphatic heterocycles. The Morgan fingerprint density at radius 2 is 2.06 bits per heavy atom. The number of rotatable bonds is 4. The molecule has 16 heavy (non-hydrogen) atoms. The lowest BCUT2D eigenvalue weighted by atomic mass is 9.76. The zero-order valence-electron chi connectivity index (χ0n) is 9.95. The van der Waals surface area contributed by atoms with Crippen LogP contribution in [0.25, 0.3) is 0 Å². The Labute approximate surface area is 96.6 Å². The Morgan fingerprint density at radius 3 is 2.50 bits per heavy atom. The molecule has 0 spiro atoms. The summed E-state index contributed by atoms with van der Waals surface area (Å²) in [5.41, 5.74) is -0.686. The van der Waals surface area contributed by atoms with E-state index in [1.807, 2.05) is 6.92 Å². The van der Waals surface area contributed by atoms with Crippen molar-refractivity contribution >= 4 is 5.97 Å². The van der Waals surface area contributed by atoms with Crippen LogP contribution in [0.15, 0.2) is 0 Å². The molecule has 2 fully saturated rings. The van der Waals surface area contributed by atoms with Gasteiger partial charge in [0.1, 0.15) is 5.54 Å². The largest absolute Gasteiger partial charge is 0.480 e. The van der Waals surface area contributed by atoms with Gasteiger partial charge in [0.25, 0.3) is 0 Å². The fourth-order valence-electron chi connectivity index (χ4n) is 2.67. The first-order valence-electron chi connectivity index (χ1n) is 6.19. The van der Waals surface area contributed by atoms with Crippen LogP contribution in [0, 0.1) is 5.92 Å². The van der Waals surface area contributed by atoms with E-state index in [2.05, 4.69) is 4.90 Å². The lowest BCUT2D eigenvalue weighted by molar-refractivity contribution is -0.155. The highest BCUT2D eigenvalue weighted by atomic mass is 16.5. The molecule has 1 saturated carbocycles. The number of hydrogen-bond donors (Lipinski definition) is 1. The van der Waals surface area contributed by atoms with Gasteiger partial charge in [0.15, 0.2) is 0 Å². The fraction of sp³-hybridized carbons (Fsp3) is 0.917. The Kier molecular flexibility index (Phi) is 3.50. The van der Waals surface area contributed by atoms with Gasteiger partial charge in [-0.2, -0.15) is 0 Å². The van der Waals surface area contributed by atoms with Gasteiger partial charge in [-0.1, -0.05) is 19.3 Å². The molecule has 0 radical (unpaired) electrons. The summed E-state index contributed by atoms with van der Waals surface area (Å²) in [6.07, 6.45) is 4.46. The van der Waals surface area contributed by atoms with Gasteiger partial charge in [-0.3, -0.25) is 9.69 Å². The van der Waals surface area contributed by atoms with Crippen molar-refractivity contribution in [1.82, 2.24) is 4.90 Å². The van der Waals surface area contributed by atoms with Gasteiger partial charge in [0, 0.05) is 13.1 Å². The molecule has 0 aromatic carbocycles. The van der Waals surface area contributed by atoms with Crippen molar-refractivity contribution in [2.75, 3.05) is 26.3 Å². The molecule has 1 saturated heterocycles. The summed E-state index contributed by atoms with van der Waals surface area (Å²) in [6, 6.07) is 0. The smallest absolute Gasteiger partial charge is 0.323 e. The maximum atomic E-state index is 11.5. The number of morpholine rings is 1. The number of ether oxygens (including phenoxy) is 1. The summed E-state index contributed by atoms with van der Waals surface area (Å²) < 4.78 is 5.29. The molecule has 2 aliphatic rings. The van der Waals surface area contributed by atoms with Gasteiger partial charge in [-0.05, 0) is 19.3 Å². The van der Waals surface area contributed by atoms with E-state index in [0.29, 0.717) is 19.1 Å². The SMILES string of the molecule is CC(CC1CCC1)(C(=O)O)N1CCOCC1. The maximum Gasteiger partial charge on any atom is 0.323 e. The van der Waals surface area contributed by atoms with E-state index in [4.69, 9.17) is 4.74 Å². The average molecular weight is 227 g/mol. The van der Waals surface area contributed by atoms with Gasteiger partial charge in [0.2, 0.25) is 0 Å². The van der Waals surface area contributed by atoms with Gasteiger partial charge in [-0.15, -0.1) is 0 Å². The molecular formula is C12H21NO3. The van der Waals surface area contributed by atoms with E-state index in [1.54, 1.807) is 0 Å². The molecule has 4 nitrogen and oxygen atoms in total. The Morgan fingerprint density at radius 1 is 1.44 bits per heavy atom. The number of aliphatic carboxylic acids is 1. The highest BCUT2D eigenvalue weighted by Gasteiger charge is 2.42. The van der Waals surface area contributed by atoms with Crippen LogP contribution in [0.4, 0.5) is 0 Å². The predicted octanol–water partition coefficient (Wildman–Crippen LogP) is 1.35. The predicted molar refractivity (Wildman–Crippen MR) is 60.4 cm³/mol. The molecule has 1 unspecified atom stereocenters. The zero-order valence-corrected chi connectivity index (χ0v) is 9.95. The van der Waals surface area contributed by atoms with Crippen LogP contribution in [0.5, 0.6) is 0 Å². The van der Waals surface area contributed by atoms with E-state index >= 15 is 0 Å². The summed E-state index contributed by atoms with van der Waals surface area (Å²) in [5, 5.41) is 9.47. The first kappa shape index (κ1) is 11.9. The van der Waals surface area contributed by atoms with E-state index in [-0.39, 0.29) is 0 Å². The van der Waals surface area contributed by atoms with Crippen molar-refractivity contribution < 1.29 is 14.6 Å². The van der Waals surface area contributed by atoms with Crippen molar-refractivity contribution in [1.29, 1.82) is 0 Å². The standard InChI is InChI=1S/C12H21NO3/c1-12(11(14)15,9-10-3-2-4-10)13-5-7-16-8-6-13/h10H,2-9H2,1H3,(H,14,15). The second-order valence-electron chi connectivity index (χ2n) is 5.18. The summed E-state index contributed by atoms with van der Waals surface area (Å²) >= 11 is 0. The molecule has 0 aromatic heterocycles. The lowest BCUT2D eigenvalue weighted by Gasteiger charge is -2.43. The van der Waals surface area contributed by atoms with E-state index < -0.39 is 11.5 Å². The van der Waals surface area contributed by atoms with Crippen LogP contribution in [-0.2, 0) is 9.53 Å². The number of carboxylic acid groups (broad SMARTS) is 1. The third kappa shape index (κ3) is 2.23. The molecule has 0 bridgehead atoms. The fourth-order valence-corrected chi connectivity index (χ4v) is 2.67. The molecule has 0 amide bonds. The quantitative estimate of drug-likeness (QED) is 0.787. The van der Waals surface area contributed by atoms with Crippen molar-refractivity contribution in [3.8, 4) is 0 Å². The Balaban J connectivity index is 2.03. The van der Waals surface area contributed by atoms with Gasteiger partial charge in [0.05, 0.1) is 13.2 Å². The molecule has 1 aliphatic carbocycles. The van der Waals surface area contributed by atoms with E-state index in [9.17, 15) is 9.90 Å². The summed E-state index contributed by atoms with van der Waals surface area (Å²) in [6.45, 7) is 4.69. The lowest BCUT2D eigenvalue weighted by Crippen LogP contribution is -2.57. The van der Waals surface area contributed by atoms with Crippen LogP contribution >= 0.6 is 0 Å². The van der Waals surface area contributed by atoms with Crippen LogP contribution in [0.3, 0.4) is 0 Å². The Bertz CT molecular complexity index is 259. The highest BCUT2D eigenvalue weighted by molar-refractivity contribution is 5.78. The van der Waals surface area contributed by atoms with Crippen LogP contribution in [0.2, 0.25) is 0 Å². The molecular weight excluding hydrogens is 206 g/mol. The number of carboxylic acids is 1. The highest BCUT2D eigenvalue weighted by Crippen LogP contribution is 2.36. The van der Waals surface area contributed by atoms with Gasteiger partial charge < -0.3 is 9.84 Å². The average Bonchev–Trinajstić information content (AvgIpc) is 2.24. The second-order valence-corrected chi connectivity index (χ2v) is 5.18. The molecule has 1 heterocycles. The molecule has 4 heteroatoms. The van der Waals surface area contributed by atoms with E-state index in [0.717, 1.165) is 19.5 Å².